The van der Waals surface area contributed by atoms with Crippen LogP contribution in [0.5, 0.6) is 0 Å². The van der Waals surface area contributed by atoms with Crippen LogP contribution in [0.1, 0.15) is 42.0 Å². The molecule has 1 saturated heterocycles. The number of nitrogens with zero attached hydrogens (tertiary/aromatic N) is 2. The van der Waals surface area contributed by atoms with Crippen LogP contribution in [0, 0.1) is 18.8 Å². The third-order valence-corrected chi connectivity index (χ3v) is 4.16. The first-order valence-electron chi connectivity index (χ1n) is 8.05. The Bertz CT molecular complexity index is 644. The summed E-state index contributed by atoms with van der Waals surface area (Å²) < 4.78 is 0. The molecule has 2 heteroatoms. The standard InChI is InChI=1S/C20H22N2/c1-17-7-10-19(11-8-17)20(22-14-3-2-4-15-22)12-9-18-6-5-13-21-16-18/h5-8,10-11,13,16,20H,2-4,14-15H2,1H3. The number of benzene rings is 1. The van der Waals surface area contributed by atoms with Crippen LogP contribution in [0.3, 0.4) is 0 Å². The third kappa shape index (κ3) is 3.75. The molecule has 1 fully saturated rings. The van der Waals surface area contributed by atoms with Gasteiger partial charge in [0.25, 0.3) is 0 Å². The number of aromatic nitrogens is 1. The van der Waals surface area contributed by atoms with Gasteiger partial charge in [-0.3, -0.25) is 9.88 Å². The molecule has 1 aliphatic rings. The normalized spacial score (nSPS) is 16.6. The molecule has 1 atom stereocenters. The molecule has 0 bridgehead atoms. The highest BCUT2D eigenvalue weighted by molar-refractivity contribution is 5.37. The maximum atomic E-state index is 4.14. The number of hydrogen-bond donors (Lipinski definition) is 0. The van der Waals surface area contributed by atoms with Gasteiger partial charge in [-0.05, 0) is 50.6 Å². The lowest BCUT2D eigenvalue weighted by atomic mass is 10.0. The van der Waals surface area contributed by atoms with Gasteiger partial charge in [0.1, 0.15) is 0 Å². The van der Waals surface area contributed by atoms with Crippen LogP contribution < -0.4 is 0 Å². The molecular weight excluding hydrogens is 268 g/mol. The Morgan fingerprint density at radius 2 is 1.82 bits per heavy atom. The van der Waals surface area contributed by atoms with E-state index in [1.165, 1.54) is 30.4 Å². The quantitative estimate of drug-likeness (QED) is 0.778. The lowest BCUT2D eigenvalue weighted by Gasteiger charge is -2.31. The Morgan fingerprint density at radius 3 is 2.50 bits per heavy atom. The van der Waals surface area contributed by atoms with Gasteiger partial charge in [-0.25, -0.2) is 0 Å². The second-order valence-corrected chi connectivity index (χ2v) is 5.92. The molecule has 0 amide bonds. The van der Waals surface area contributed by atoms with Crippen molar-refractivity contribution in [1.82, 2.24) is 9.88 Å². The van der Waals surface area contributed by atoms with Crippen molar-refractivity contribution < 1.29 is 0 Å². The second kappa shape index (κ2) is 7.24. The fraction of sp³-hybridized carbons (Fsp3) is 0.350. The molecule has 0 N–H and O–H groups in total. The van der Waals surface area contributed by atoms with E-state index >= 15 is 0 Å². The second-order valence-electron chi connectivity index (χ2n) is 5.92. The minimum absolute atomic E-state index is 0.182. The summed E-state index contributed by atoms with van der Waals surface area (Å²) in [6.45, 7) is 4.40. The topological polar surface area (TPSA) is 16.1 Å². The average molecular weight is 290 g/mol. The summed E-state index contributed by atoms with van der Waals surface area (Å²) in [6.07, 6.45) is 7.50. The van der Waals surface area contributed by atoms with Crippen molar-refractivity contribution in [3.8, 4) is 11.8 Å². The summed E-state index contributed by atoms with van der Waals surface area (Å²) in [6, 6.07) is 12.9. The molecule has 2 aromatic rings. The Kier molecular flexibility index (Phi) is 4.88. The van der Waals surface area contributed by atoms with Gasteiger partial charge in [0.05, 0.1) is 6.04 Å². The zero-order valence-corrected chi connectivity index (χ0v) is 13.1. The first-order valence-corrected chi connectivity index (χ1v) is 8.05. The van der Waals surface area contributed by atoms with Crippen LogP contribution in [0.4, 0.5) is 0 Å². The maximum absolute atomic E-state index is 4.14. The Hall–Kier alpha value is -2.11. The lowest BCUT2D eigenvalue weighted by Crippen LogP contribution is -2.33. The van der Waals surface area contributed by atoms with Crippen molar-refractivity contribution in [2.75, 3.05) is 13.1 Å². The predicted octanol–water partition coefficient (Wildman–Crippen LogP) is 3.97. The van der Waals surface area contributed by atoms with Gasteiger partial charge in [0, 0.05) is 18.0 Å². The van der Waals surface area contributed by atoms with Crippen molar-refractivity contribution in [2.24, 2.45) is 0 Å². The van der Waals surface area contributed by atoms with Gasteiger partial charge in [-0.2, -0.15) is 0 Å². The monoisotopic (exact) mass is 290 g/mol. The van der Waals surface area contributed by atoms with Gasteiger partial charge < -0.3 is 0 Å². The molecule has 1 unspecified atom stereocenters. The largest absolute Gasteiger partial charge is 0.286 e. The first kappa shape index (κ1) is 14.8. The highest BCUT2D eigenvalue weighted by Gasteiger charge is 2.20. The fourth-order valence-electron chi connectivity index (χ4n) is 2.90. The van der Waals surface area contributed by atoms with Crippen LogP contribution >= 0.6 is 0 Å². The van der Waals surface area contributed by atoms with E-state index in [4.69, 9.17) is 0 Å². The first-order chi connectivity index (χ1) is 10.8. The van der Waals surface area contributed by atoms with E-state index in [0.29, 0.717) is 0 Å². The summed E-state index contributed by atoms with van der Waals surface area (Å²) in [5, 5.41) is 0. The molecule has 2 heterocycles. The SMILES string of the molecule is Cc1ccc(C(C#Cc2cccnc2)N2CCCCC2)cc1. The highest BCUT2D eigenvalue weighted by Crippen LogP contribution is 2.24. The molecular formula is C20H22N2. The summed E-state index contributed by atoms with van der Waals surface area (Å²) in [4.78, 5) is 6.65. The molecule has 0 radical (unpaired) electrons. The summed E-state index contributed by atoms with van der Waals surface area (Å²) >= 11 is 0. The molecule has 1 aromatic heterocycles. The predicted molar refractivity (Wildman–Crippen MR) is 90.5 cm³/mol. The number of pyridine rings is 1. The van der Waals surface area contributed by atoms with Crippen molar-refractivity contribution in [2.45, 2.75) is 32.2 Å². The van der Waals surface area contributed by atoms with Crippen LogP contribution in [-0.4, -0.2) is 23.0 Å². The summed E-state index contributed by atoms with van der Waals surface area (Å²) in [7, 11) is 0. The van der Waals surface area contributed by atoms with E-state index in [9.17, 15) is 0 Å². The van der Waals surface area contributed by atoms with Crippen molar-refractivity contribution in [3.05, 3.63) is 65.5 Å². The van der Waals surface area contributed by atoms with Crippen LogP contribution in [-0.2, 0) is 0 Å². The minimum Gasteiger partial charge on any atom is -0.286 e. The third-order valence-electron chi connectivity index (χ3n) is 4.16. The van der Waals surface area contributed by atoms with Gasteiger partial charge in [0.15, 0.2) is 0 Å². The molecule has 0 aliphatic carbocycles. The van der Waals surface area contributed by atoms with E-state index < -0.39 is 0 Å². The van der Waals surface area contributed by atoms with Crippen LogP contribution in [0.15, 0.2) is 48.8 Å². The molecule has 1 aliphatic heterocycles. The minimum atomic E-state index is 0.182. The molecule has 0 saturated carbocycles. The van der Waals surface area contributed by atoms with Crippen molar-refractivity contribution in [3.63, 3.8) is 0 Å². The van der Waals surface area contributed by atoms with Crippen molar-refractivity contribution >= 4 is 0 Å². The molecule has 1 aromatic carbocycles. The van der Waals surface area contributed by atoms with Gasteiger partial charge in [0.2, 0.25) is 0 Å². The Labute approximate surface area is 133 Å². The zero-order valence-electron chi connectivity index (χ0n) is 13.1. The summed E-state index contributed by atoms with van der Waals surface area (Å²) in [5.41, 5.74) is 3.57. The molecule has 2 nitrogen and oxygen atoms in total. The smallest absolute Gasteiger partial charge is 0.0974 e. The fourth-order valence-corrected chi connectivity index (χ4v) is 2.90. The number of piperidine rings is 1. The molecule has 112 valence electrons. The highest BCUT2D eigenvalue weighted by atomic mass is 15.2. The van der Waals surface area contributed by atoms with E-state index in [-0.39, 0.29) is 6.04 Å². The molecule has 0 spiro atoms. The number of rotatable bonds is 2. The lowest BCUT2D eigenvalue weighted by molar-refractivity contribution is 0.197. The van der Waals surface area contributed by atoms with E-state index in [1.54, 1.807) is 6.20 Å². The Balaban J connectivity index is 1.89. The van der Waals surface area contributed by atoms with Gasteiger partial charge in [-0.1, -0.05) is 48.1 Å². The number of hydrogen-bond acceptors (Lipinski definition) is 2. The van der Waals surface area contributed by atoms with E-state index in [0.717, 1.165) is 18.7 Å². The van der Waals surface area contributed by atoms with Gasteiger partial charge in [-0.15, -0.1) is 0 Å². The summed E-state index contributed by atoms with van der Waals surface area (Å²) in [5.74, 6) is 6.78. The Morgan fingerprint density at radius 1 is 1.05 bits per heavy atom. The van der Waals surface area contributed by atoms with E-state index in [2.05, 4.69) is 52.9 Å². The van der Waals surface area contributed by atoms with Gasteiger partial charge >= 0.3 is 0 Å². The van der Waals surface area contributed by atoms with Crippen molar-refractivity contribution in [1.29, 1.82) is 0 Å². The maximum Gasteiger partial charge on any atom is 0.0974 e. The van der Waals surface area contributed by atoms with E-state index in [1.807, 2.05) is 18.3 Å². The molecule has 22 heavy (non-hydrogen) atoms. The number of likely N-dealkylation sites (tertiary alicyclic amines) is 1. The molecule has 3 rings (SSSR count). The van der Waals surface area contributed by atoms with Crippen LogP contribution in [0.25, 0.3) is 0 Å². The number of aryl methyl sites for hydroxylation is 1. The zero-order chi connectivity index (χ0) is 15.2. The van der Waals surface area contributed by atoms with Crippen LogP contribution in [0.2, 0.25) is 0 Å². The average Bonchev–Trinajstić information content (AvgIpc) is 2.58.